The van der Waals surface area contributed by atoms with Gasteiger partial charge in [0.2, 0.25) is 0 Å². The lowest BCUT2D eigenvalue weighted by atomic mass is 9.98. The molecule has 4 heteroatoms. The van der Waals surface area contributed by atoms with Gasteiger partial charge in [-0.25, -0.2) is 0 Å². The summed E-state index contributed by atoms with van der Waals surface area (Å²) in [7, 11) is 1.66. The molecular formula is C26H26ClNO2. The Labute approximate surface area is 183 Å². The van der Waals surface area contributed by atoms with Crippen LogP contribution < -0.4 is 10.1 Å². The van der Waals surface area contributed by atoms with Crippen LogP contribution in [0.5, 0.6) is 5.75 Å². The second-order valence-electron chi connectivity index (χ2n) is 7.11. The number of aryl methyl sites for hydroxylation is 1. The molecule has 0 heterocycles. The number of amides is 1. The molecule has 3 aromatic carbocycles. The first-order valence-corrected chi connectivity index (χ1v) is 10.4. The van der Waals surface area contributed by atoms with Gasteiger partial charge >= 0.3 is 0 Å². The summed E-state index contributed by atoms with van der Waals surface area (Å²) in [6.07, 6.45) is 2.62. The summed E-state index contributed by atoms with van der Waals surface area (Å²) in [5.74, 6) is 0.699. The van der Waals surface area contributed by atoms with Gasteiger partial charge < -0.3 is 10.1 Å². The van der Waals surface area contributed by atoms with Crippen LogP contribution in [-0.2, 0) is 4.79 Å². The zero-order chi connectivity index (χ0) is 21.5. The average Bonchev–Trinajstić information content (AvgIpc) is 2.77. The molecule has 0 aliphatic rings. The number of hydrogen-bond acceptors (Lipinski definition) is 2. The normalized spacial score (nSPS) is 12.3. The SMILES string of the molecule is CCC(NC(=O)/C(=C/c1ccccc1Cl)c1ccccc1)c1ccc(OC)c(C)c1. The topological polar surface area (TPSA) is 38.3 Å². The Balaban J connectivity index is 1.95. The Morgan fingerprint density at radius 1 is 1.07 bits per heavy atom. The van der Waals surface area contributed by atoms with Crippen molar-refractivity contribution in [1.29, 1.82) is 0 Å². The van der Waals surface area contributed by atoms with E-state index in [2.05, 4.69) is 18.3 Å². The lowest BCUT2D eigenvalue weighted by Crippen LogP contribution is -2.29. The minimum atomic E-state index is -0.138. The van der Waals surface area contributed by atoms with Crippen molar-refractivity contribution in [2.24, 2.45) is 0 Å². The minimum absolute atomic E-state index is 0.111. The van der Waals surface area contributed by atoms with Crippen LogP contribution in [0.1, 0.15) is 41.6 Å². The van der Waals surface area contributed by atoms with Gasteiger partial charge in [-0.15, -0.1) is 0 Å². The maximum absolute atomic E-state index is 13.4. The van der Waals surface area contributed by atoms with Gasteiger partial charge in [-0.1, -0.05) is 79.2 Å². The van der Waals surface area contributed by atoms with Crippen LogP contribution in [0.4, 0.5) is 0 Å². The smallest absolute Gasteiger partial charge is 0.252 e. The molecule has 0 bridgehead atoms. The molecule has 0 radical (unpaired) electrons. The number of methoxy groups -OCH3 is 1. The summed E-state index contributed by atoms with van der Waals surface area (Å²) < 4.78 is 5.36. The molecule has 0 saturated carbocycles. The summed E-state index contributed by atoms with van der Waals surface area (Å²) in [5.41, 5.74) is 4.32. The monoisotopic (exact) mass is 419 g/mol. The second kappa shape index (κ2) is 10.1. The summed E-state index contributed by atoms with van der Waals surface area (Å²) in [5, 5.41) is 3.80. The molecule has 3 nitrogen and oxygen atoms in total. The van der Waals surface area contributed by atoms with Gasteiger partial charge in [-0.05, 0) is 53.8 Å². The maximum atomic E-state index is 13.4. The van der Waals surface area contributed by atoms with Gasteiger partial charge in [0.15, 0.2) is 0 Å². The van der Waals surface area contributed by atoms with Crippen molar-refractivity contribution in [2.45, 2.75) is 26.3 Å². The third-order valence-corrected chi connectivity index (χ3v) is 5.41. The summed E-state index contributed by atoms with van der Waals surface area (Å²) >= 11 is 6.35. The van der Waals surface area contributed by atoms with Crippen molar-refractivity contribution in [2.75, 3.05) is 7.11 Å². The molecule has 3 rings (SSSR count). The van der Waals surface area contributed by atoms with Crippen molar-refractivity contribution in [3.05, 3.63) is 100 Å². The van der Waals surface area contributed by atoms with Crippen LogP contribution in [0.3, 0.4) is 0 Å². The third-order valence-electron chi connectivity index (χ3n) is 5.07. The number of carbonyl (C=O) groups excluding carboxylic acids is 1. The number of benzene rings is 3. The van der Waals surface area contributed by atoms with E-state index < -0.39 is 0 Å². The molecule has 154 valence electrons. The first-order valence-electron chi connectivity index (χ1n) is 10.0. The Morgan fingerprint density at radius 2 is 1.77 bits per heavy atom. The molecule has 0 aromatic heterocycles. The van der Waals surface area contributed by atoms with Gasteiger partial charge in [0, 0.05) is 10.6 Å². The number of halogens is 1. The van der Waals surface area contributed by atoms with Gasteiger partial charge in [0.25, 0.3) is 5.91 Å². The molecule has 3 aromatic rings. The zero-order valence-corrected chi connectivity index (χ0v) is 18.2. The number of carbonyl (C=O) groups is 1. The highest BCUT2D eigenvalue weighted by Gasteiger charge is 2.18. The minimum Gasteiger partial charge on any atom is -0.496 e. The van der Waals surface area contributed by atoms with E-state index in [4.69, 9.17) is 16.3 Å². The second-order valence-corrected chi connectivity index (χ2v) is 7.52. The average molecular weight is 420 g/mol. The van der Waals surface area contributed by atoms with E-state index >= 15 is 0 Å². The van der Waals surface area contributed by atoms with Crippen molar-refractivity contribution < 1.29 is 9.53 Å². The lowest BCUT2D eigenvalue weighted by Gasteiger charge is -2.20. The summed E-state index contributed by atoms with van der Waals surface area (Å²) in [4.78, 5) is 13.4. The standard InChI is InChI=1S/C26H26ClNO2/c1-4-24(21-14-15-25(30-3)18(2)16-21)28-26(29)22(19-10-6-5-7-11-19)17-20-12-8-9-13-23(20)27/h5-17,24H,4H2,1-3H3,(H,28,29)/b22-17+. The molecule has 0 spiro atoms. The van der Waals surface area contributed by atoms with E-state index in [1.165, 1.54) is 0 Å². The van der Waals surface area contributed by atoms with Crippen LogP contribution in [0.15, 0.2) is 72.8 Å². The molecular weight excluding hydrogens is 394 g/mol. The molecule has 30 heavy (non-hydrogen) atoms. The quantitative estimate of drug-likeness (QED) is 0.352. The number of rotatable bonds is 7. The Kier molecular flexibility index (Phi) is 7.31. The fourth-order valence-electron chi connectivity index (χ4n) is 3.42. The van der Waals surface area contributed by atoms with Gasteiger partial charge in [0.05, 0.1) is 13.2 Å². The van der Waals surface area contributed by atoms with E-state index in [9.17, 15) is 4.79 Å². The highest BCUT2D eigenvalue weighted by molar-refractivity contribution is 6.33. The number of ether oxygens (including phenoxy) is 1. The highest BCUT2D eigenvalue weighted by Crippen LogP contribution is 2.27. The van der Waals surface area contributed by atoms with E-state index in [0.717, 1.165) is 34.4 Å². The van der Waals surface area contributed by atoms with Gasteiger partial charge in [0.1, 0.15) is 5.75 Å². The van der Waals surface area contributed by atoms with Crippen LogP contribution >= 0.6 is 11.6 Å². The summed E-state index contributed by atoms with van der Waals surface area (Å²) in [6.45, 7) is 4.06. The predicted molar refractivity (Wildman–Crippen MR) is 125 cm³/mol. The van der Waals surface area contributed by atoms with E-state index in [0.29, 0.717) is 10.6 Å². The van der Waals surface area contributed by atoms with Gasteiger partial charge in [-0.2, -0.15) is 0 Å². The predicted octanol–water partition coefficient (Wildman–Crippen LogP) is 6.47. The molecule has 1 unspecified atom stereocenters. The summed E-state index contributed by atoms with van der Waals surface area (Å²) in [6, 6.07) is 23.1. The molecule has 0 fully saturated rings. The van der Waals surface area contributed by atoms with E-state index in [1.807, 2.05) is 79.7 Å². The molecule has 0 aliphatic carbocycles. The van der Waals surface area contributed by atoms with Crippen molar-refractivity contribution in [3.63, 3.8) is 0 Å². The number of hydrogen-bond donors (Lipinski definition) is 1. The molecule has 1 N–H and O–H groups in total. The lowest BCUT2D eigenvalue weighted by molar-refractivity contribution is -0.116. The first-order chi connectivity index (χ1) is 14.5. The Morgan fingerprint density at radius 3 is 2.40 bits per heavy atom. The first kappa shape index (κ1) is 21.7. The van der Waals surface area contributed by atoms with Crippen molar-refractivity contribution in [3.8, 4) is 5.75 Å². The fraction of sp³-hybridized carbons (Fsp3) is 0.192. The van der Waals surface area contributed by atoms with Gasteiger partial charge in [-0.3, -0.25) is 4.79 Å². The van der Waals surface area contributed by atoms with Crippen molar-refractivity contribution >= 4 is 29.2 Å². The van der Waals surface area contributed by atoms with Crippen LogP contribution in [0.2, 0.25) is 5.02 Å². The molecule has 0 saturated heterocycles. The molecule has 1 atom stereocenters. The largest absolute Gasteiger partial charge is 0.496 e. The van der Waals surface area contributed by atoms with E-state index in [1.54, 1.807) is 7.11 Å². The molecule has 0 aliphatic heterocycles. The fourth-order valence-corrected chi connectivity index (χ4v) is 3.61. The Hall–Kier alpha value is -3.04. The highest BCUT2D eigenvalue weighted by atomic mass is 35.5. The van der Waals surface area contributed by atoms with Crippen LogP contribution in [0, 0.1) is 6.92 Å². The Bertz CT molecular complexity index is 1040. The zero-order valence-electron chi connectivity index (χ0n) is 17.5. The van der Waals surface area contributed by atoms with Crippen LogP contribution in [0.25, 0.3) is 11.6 Å². The molecule has 1 amide bonds. The third kappa shape index (κ3) is 5.11. The number of nitrogens with one attached hydrogen (secondary N) is 1. The maximum Gasteiger partial charge on any atom is 0.252 e. The van der Waals surface area contributed by atoms with Crippen LogP contribution in [-0.4, -0.2) is 13.0 Å². The van der Waals surface area contributed by atoms with Crippen molar-refractivity contribution in [1.82, 2.24) is 5.32 Å². The van der Waals surface area contributed by atoms with E-state index in [-0.39, 0.29) is 11.9 Å².